The van der Waals surface area contributed by atoms with Crippen molar-refractivity contribution in [1.29, 1.82) is 0 Å². The Bertz CT molecular complexity index is 948. The smallest absolute Gasteiger partial charge is 0.321 e. The van der Waals surface area contributed by atoms with Crippen LogP contribution >= 0.6 is 0 Å². The highest BCUT2D eigenvalue weighted by Gasteiger charge is 2.21. The minimum absolute atomic E-state index is 0.0242. The van der Waals surface area contributed by atoms with Gasteiger partial charge in [0.15, 0.2) is 0 Å². The van der Waals surface area contributed by atoms with Gasteiger partial charge in [-0.3, -0.25) is 4.90 Å². The molecule has 1 aliphatic rings. The summed E-state index contributed by atoms with van der Waals surface area (Å²) in [5.41, 5.74) is 5.40. The van der Waals surface area contributed by atoms with Crippen molar-refractivity contribution in [3.05, 3.63) is 65.6 Å². The molecule has 1 aromatic carbocycles. The van der Waals surface area contributed by atoms with Gasteiger partial charge in [-0.1, -0.05) is 18.2 Å². The molecule has 0 aliphatic carbocycles. The number of nitrogens with zero attached hydrogens (tertiary/aromatic N) is 3. The van der Waals surface area contributed by atoms with E-state index in [-0.39, 0.29) is 12.1 Å². The fourth-order valence-corrected chi connectivity index (χ4v) is 3.32. The standard InChI is InChI=1S/C20H23N5O/c1-14-6-7-19-23-12-18(25(19)13-14)11-22-15(2)16-4-3-5-17(10-16)24-9-8-21-20(24)26/h3-7,10,12-13,15,22H,8-9,11H2,1-2H3,(H,21,26). The second-order valence-electron chi connectivity index (χ2n) is 6.77. The third kappa shape index (κ3) is 3.15. The normalized spacial score (nSPS) is 15.5. The van der Waals surface area contributed by atoms with Crippen LogP contribution in [0.25, 0.3) is 5.65 Å². The molecule has 6 nitrogen and oxygen atoms in total. The Morgan fingerprint density at radius 1 is 1.31 bits per heavy atom. The van der Waals surface area contributed by atoms with E-state index in [2.05, 4.69) is 58.3 Å². The molecule has 1 aliphatic heterocycles. The summed E-state index contributed by atoms with van der Waals surface area (Å²) in [4.78, 5) is 18.1. The maximum atomic E-state index is 11.9. The first-order valence-electron chi connectivity index (χ1n) is 8.93. The number of amides is 2. The number of imidazole rings is 1. The van der Waals surface area contributed by atoms with Gasteiger partial charge in [-0.15, -0.1) is 0 Å². The summed E-state index contributed by atoms with van der Waals surface area (Å²) >= 11 is 0. The van der Waals surface area contributed by atoms with Gasteiger partial charge in [0.25, 0.3) is 0 Å². The molecule has 4 rings (SSSR count). The van der Waals surface area contributed by atoms with E-state index in [0.717, 1.165) is 29.1 Å². The average molecular weight is 349 g/mol. The summed E-state index contributed by atoms with van der Waals surface area (Å²) < 4.78 is 2.13. The number of pyridine rings is 1. The van der Waals surface area contributed by atoms with Crippen molar-refractivity contribution < 1.29 is 4.79 Å². The van der Waals surface area contributed by atoms with Gasteiger partial charge in [0.2, 0.25) is 0 Å². The van der Waals surface area contributed by atoms with Crippen LogP contribution in [0.2, 0.25) is 0 Å². The number of urea groups is 1. The number of carbonyl (C=O) groups excluding carboxylic acids is 1. The SMILES string of the molecule is Cc1ccc2ncc(CNC(C)c3cccc(N4CCNC4=O)c3)n2c1. The molecule has 0 saturated carbocycles. The maximum absolute atomic E-state index is 11.9. The van der Waals surface area contributed by atoms with Gasteiger partial charge in [-0.2, -0.15) is 0 Å². The zero-order valence-corrected chi connectivity index (χ0v) is 15.1. The van der Waals surface area contributed by atoms with Crippen LogP contribution in [0.5, 0.6) is 0 Å². The van der Waals surface area contributed by atoms with Crippen molar-refractivity contribution in [2.75, 3.05) is 18.0 Å². The molecule has 134 valence electrons. The van der Waals surface area contributed by atoms with E-state index >= 15 is 0 Å². The fraction of sp³-hybridized carbons (Fsp3) is 0.300. The van der Waals surface area contributed by atoms with Gasteiger partial charge in [0, 0.05) is 37.6 Å². The highest BCUT2D eigenvalue weighted by Crippen LogP contribution is 2.22. The first kappa shape index (κ1) is 16.6. The van der Waals surface area contributed by atoms with Crippen LogP contribution in [0.15, 0.2) is 48.8 Å². The number of hydrogen-bond acceptors (Lipinski definition) is 3. The van der Waals surface area contributed by atoms with E-state index in [1.807, 2.05) is 24.4 Å². The number of carbonyl (C=O) groups is 1. The molecule has 0 spiro atoms. The van der Waals surface area contributed by atoms with E-state index in [1.165, 1.54) is 5.56 Å². The lowest BCUT2D eigenvalue weighted by Gasteiger charge is -2.19. The molecule has 1 atom stereocenters. The summed E-state index contributed by atoms with van der Waals surface area (Å²) in [5.74, 6) is 0. The number of nitrogens with one attached hydrogen (secondary N) is 2. The van der Waals surface area contributed by atoms with Crippen LogP contribution in [0, 0.1) is 6.92 Å². The molecule has 3 aromatic rings. The largest absolute Gasteiger partial charge is 0.336 e. The number of anilines is 1. The third-order valence-electron chi connectivity index (χ3n) is 4.86. The Morgan fingerprint density at radius 3 is 3.00 bits per heavy atom. The van der Waals surface area contributed by atoms with Crippen molar-refractivity contribution in [2.24, 2.45) is 0 Å². The minimum atomic E-state index is -0.0242. The predicted molar refractivity (Wildman–Crippen MR) is 102 cm³/mol. The minimum Gasteiger partial charge on any atom is -0.336 e. The Kier molecular flexibility index (Phi) is 4.34. The first-order valence-corrected chi connectivity index (χ1v) is 8.93. The highest BCUT2D eigenvalue weighted by atomic mass is 16.2. The van der Waals surface area contributed by atoms with E-state index in [1.54, 1.807) is 4.90 Å². The molecule has 2 N–H and O–H groups in total. The van der Waals surface area contributed by atoms with Crippen molar-refractivity contribution >= 4 is 17.4 Å². The Morgan fingerprint density at radius 2 is 2.19 bits per heavy atom. The number of aryl methyl sites for hydroxylation is 1. The third-order valence-corrected chi connectivity index (χ3v) is 4.86. The second kappa shape index (κ2) is 6.80. The molecule has 2 aromatic heterocycles. The quantitative estimate of drug-likeness (QED) is 0.744. The van der Waals surface area contributed by atoms with Crippen LogP contribution in [0.4, 0.5) is 10.5 Å². The molecule has 0 radical (unpaired) electrons. The molecule has 0 bridgehead atoms. The lowest BCUT2D eigenvalue weighted by Crippen LogP contribution is -2.28. The van der Waals surface area contributed by atoms with Crippen LogP contribution in [0.1, 0.15) is 29.8 Å². The summed E-state index contributed by atoms with van der Waals surface area (Å²) in [7, 11) is 0. The zero-order chi connectivity index (χ0) is 18.1. The predicted octanol–water partition coefficient (Wildman–Crippen LogP) is 3.02. The summed E-state index contributed by atoms with van der Waals surface area (Å²) in [6.45, 7) is 6.35. The van der Waals surface area contributed by atoms with Gasteiger partial charge < -0.3 is 15.0 Å². The van der Waals surface area contributed by atoms with E-state index in [4.69, 9.17) is 0 Å². The number of fused-ring (bicyclic) bond motifs is 1. The summed E-state index contributed by atoms with van der Waals surface area (Å²) in [6.07, 6.45) is 4.02. The average Bonchev–Trinajstić information content (AvgIpc) is 3.25. The van der Waals surface area contributed by atoms with Crippen LogP contribution in [-0.4, -0.2) is 28.5 Å². The molecular formula is C20H23N5O. The molecule has 2 amide bonds. The van der Waals surface area contributed by atoms with Gasteiger partial charge in [0.05, 0.1) is 11.9 Å². The number of rotatable bonds is 5. The van der Waals surface area contributed by atoms with E-state index < -0.39 is 0 Å². The number of hydrogen-bond donors (Lipinski definition) is 2. The van der Waals surface area contributed by atoms with Crippen molar-refractivity contribution in [3.8, 4) is 0 Å². The topological polar surface area (TPSA) is 61.7 Å². The number of benzene rings is 1. The van der Waals surface area contributed by atoms with E-state index in [9.17, 15) is 4.79 Å². The second-order valence-corrected chi connectivity index (χ2v) is 6.77. The van der Waals surface area contributed by atoms with Crippen LogP contribution in [0.3, 0.4) is 0 Å². The molecule has 1 saturated heterocycles. The van der Waals surface area contributed by atoms with Gasteiger partial charge in [-0.25, -0.2) is 9.78 Å². The van der Waals surface area contributed by atoms with Crippen LogP contribution in [-0.2, 0) is 6.54 Å². The number of aromatic nitrogens is 2. The summed E-state index contributed by atoms with van der Waals surface area (Å²) in [5, 5.41) is 6.41. The maximum Gasteiger partial charge on any atom is 0.321 e. The Hall–Kier alpha value is -2.86. The zero-order valence-electron chi connectivity index (χ0n) is 15.1. The van der Waals surface area contributed by atoms with Crippen molar-refractivity contribution in [2.45, 2.75) is 26.4 Å². The first-order chi connectivity index (χ1) is 12.6. The van der Waals surface area contributed by atoms with Gasteiger partial charge in [0.1, 0.15) is 5.65 Å². The van der Waals surface area contributed by atoms with Crippen molar-refractivity contribution in [1.82, 2.24) is 20.0 Å². The molecule has 1 fully saturated rings. The lowest BCUT2D eigenvalue weighted by molar-refractivity contribution is 0.252. The molecule has 26 heavy (non-hydrogen) atoms. The molecule has 3 heterocycles. The summed E-state index contributed by atoms with van der Waals surface area (Å²) in [6, 6.07) is 12.4. The Labute approximate surface area is 152 Å². The van der Waals surface area contributed by atoms with E-state index in [0.29, 0.717) is 13.1 Å². The lowest BCUT2D eigenvalue weighted by atomic mass is 10.1. The molecule has 6 heteroatoms. The molecule has 1 unspecified atom stereocenters. The van der Waals surface area contributed by atoms with Gasteiger partial charge in [-0.05, 0) is 43.2 Å². The Balaban J connectivity index is 1.48. The monoisotopic (exact) mass is 349 g/mol. The highest BCUT2D eigenvalue weighted by molar-refractivity contribution is 5.94. The van der Waals surface area contributed by atoms with Gasteiger partial charge >= 0.3 is 6.03 Å². The van der Waals surface area contributed by atoms with Crippen LogP contribution < -0.4 is 15.5 Å². The fourth-order valence-electron chi connectivity index (χ4n) is 3.32. The van der Waals surface area contributed by atoms with Crippen molar-refractivity contribution in [3.63, 3.8) is 0 Å². The molecular weight excluding hydrogens is 326 g/mol.